The smallest absolute Gasteiger partial charge is 0.181 e. The summed E-state index contributed by atoms with van der Waals surface area (Å²) in [6.45, 7) is 18.2. The van der Waals surface area contributed by atoms with E-state index in [1.54, 1.807) is 22.0 Å². The SMILES string of the molecule is C#Cc1ccccc1.Cc1cc(OC(C)C)cc(-c2ncn(/C=C/c3ccccc3)n2)c1.Cc1cc(OC(C)C)cc(-c2ncn(/C=C\c3ccccc3)n2)c1.Cc1cc(OC(C)C)cc(-c2ncn[nH]2)c1. The molecule has 6 aromatic carbocycles. The fraction of sp³-hybridized carbons (Fsp3) is 0.200. The maximum atomic E-state index is 5.79. The van der Waals surface area contributed by atoms with Gasteiger partial charge in [0.1, 0.15) is 36.2 Å². The van der Waals surface area contributed by atoms with Crippen LogP contribution in [0.1, 0.15) is 74.9 Å². The summed E-state index contributed by atoms with van der Waals surface area (Å²) in [5.41, 5.74) is 9.48. The Hall–Kier alpha value is -8.82. The van der Waals surface area contributed by atoms with Gasteiger partial charge < -0.3 is 14.2 Å². The monoisotopic (exact) mass is 958 g/mol. The van der Waals surface area contributed by atoms with Crippen molar-refractivity contribution in [2.45, 2.75) is 80.6 Å². The van der Waals surface area contributed by atoms with Crippen molar-refractivity contribution in [2.24, 2.45) is 0 Å². The summed E-state index contributed by atoms with van der Waals surface area (Å²) in [7, 11) is 0. The van der Waals surface area contributed by atoms with Gasteiger partial charge in [0.05, 0.1) is 18.3 Å². The molecule has 0 bridgehead atoms. The molecule has 1 N–H and O–H groups in total. The van der Waals surface area contributed by atoms with Crippen molar-refractivity contribution >= 4 is 24.6 Å². The first-order valence-electron chi connectivity index (χ1n) is 23.8. The van der Waals surface area contributed by atoms with E-state index in [4.69, 9.17) is 20.6 Å². The highest BCUT2D eigenvalue weighted by molar-refractivity contribution is 5.64. The molecule has 9 rings (SSSR count). The van der Waals surface area contributed by atoms with Gasteiger partial charge in [-0.3, -0.25) is 5.10 Å². The Morgan fingerprint density at radius 1 is 0.500 bits per heavy atom. The van der Waals surface area contributed by atoms with Gasteiger partial charge >= 0.3 is 0 Å². The van der Waals surface area contributed by atoms with Gasteiger partial charge in [0.15, 0.2) is 17.5 Å². The third-order valence-electron chi connectivity index (χ3n) is 9.87. The molecule has 0 saturated carbocycles. The molecule has 72 heavy (non-hydrogen) atoms. The summed E-state index contributed by atoms with van der Waals surface area (Å²) in [5, 5.41) is 15.7. The summed E-state index contributed by atoms with van der Waals surface area (Å²) in [4.78, 5) is 12.9. The van der Waals surface area contributed by atoms with Gasteiger partial charge in [-0.05, 0) is 169 Å². The van der Waals surface area contributed by atoms with Crippen LogP contribution in [0.15, 0.2) is 165 Å². The van der Waals surface area contributed by atoms with Crippen LogP contribution in [-0.2, 0) is 0 Å². The second kappa shape index (κ2) is 26.8. The van der Waals surface area contributed by atoms with Gasteiger partial charge in [-0.1, -0.05) is 84.8 Å². The fourth-order valence-corrected chi connectivity index (χ4v) is 6.95. The molecule has 0 amide bonds. The first kappa shape index (κ1) is 52.5. The average Bonchev–Trinajstić information content (AvgIpc) is 4.17. The summed E-state index contributed by atoms with van der Waals surface area (Å²) in [6.07, 6.45) is 18.3. The van der Waals surface area contributed by atoms with Crippen LogP contribution in [0.4, 0.5) is 0 Å². The van der Waals surface area contributed by atoms with E-state index < -0.39 is 0 Å². The number of ether oxygens (including phenoxy) is 3. The minimum Gasteiger partial charge on any atom is -0.491 e. The molecule has 0 saturated heterocycles. The predicted molar refractivity (Wildman–Crippen MR) is 292 cm³/mol. The van der Waals surface area contributed by atoms with E-state index in [9.17, 15) is 0 Å². The Morgan fingerprint density at radius 2 is 0.889 bits per heavy atom. The van der Waals surface area contributed by atoms with Crippen LogP contribution in [0.5, 0.6) is 17.2 Å². The van der Waals surface area contributed by atoms with Crippen LogP contribution >= 0.6 is 0 Å². The Bertz CT molecular complexity index is 2990. The average molecular weight is 958 g/mol. The van der Waals surface area contributed by atoms with E-state index in [0.29, 0.717) is 11.6 Å². The van der Waals surface area contributed by atoms with Crippen molar-refractivity contribution < 1.29 is 14.2 Å². The predicted octanol–water partition coefficient (Wildman–Crippen LogP) is 13.6. The Balaban J connectivity index is 0.000000166. The van der Waals surface area contributed by atoms with Crippen LogP contribution in [0.3, 0.4) is 0 Å². The van der Waals surface area contributed by atoms with Crippen LogP contribution in [-0.4, -0.2) is 63.0 Å². The molecule has 0 aliphatic heterocycles. The molecule has 0 unspecified atom stereocenters. The highest BCUT2D eigenvalue weighted by Crippen LogP contribution is 2.27. The number of hydrogen-bond acceptors (Lipinski definition) is 9. The molecule has 12 heteroatoms. The molecule has 366 valence electrons. The lowest BCUT2D eigenvalue weighted by molar-refractivity contribution is 0.242. The van der Waals surface area contributed by atoms with Crippen LogP contribution in [0.2, 0.25) is 0 Å². The number of benzene rings is 6. The first-order chi connectivity index (χ1) is 34.8. The molecule has 12 nitrogen and oxygen atoms in total. The summed E-state index contributed by atoms with van der Waals surface area (Å²) < 4.78 is 20.7. The Kier molecular flexibility index (Phi) is 19.6. The zero-order chi connectivity index (χ0) is 51.2. The van der Waals surface area contributed by atoms with Crippen molar-refractivity contribution in [3.05, 3.63) is 198 Å². The normalized spacial score (nSPS) is 10.8. The highest BCUT2D eigenvalue weighted by Gasteiger charge is 2.10. The minimum absolute atomic E-state index is 0.138. The van der Waals surface area contributed by atoms with E-state index in [-0.39, 0.29) is 18.3 Å². The van der Waals surface area contributed by atoms with E-state index in [2.05, 4.69) is 53.4 Å². The number of terminal acetylenes is 1. The lowest BCUT2D eigenvalue weighted by atomic mass is 10.1. The number of H-pyrrole nitrogens is 1. The second-order valence-corrected chi connectivity index (χ2v) is 17.5. The lowest BCUT2D eigenvalue weighted by Crippen LogP contribution is -2.05. The van der Waals surface area contributed by atoms with Gasteiger partial charge in [0.2, 0.25) is 0 Å². The summed E-state index contributed by atoms with van der Waals surface area (Å²) in [5.74, 6) is 7.21. The summed E-state index contributed by atoms with van der Waals surface area (Å²) >= 11 is 0. The number of rotatable bonds is 13. The summed E-state index contributed by atoms with van der Waals surface area (Å²) in [6, 6.07) is 48.0. The molecule has 3 heterocycles. The van der Waals surface area contributed by atoms with Crippen molar-refractivity contribution in [3.63, 3.8) is 0 Å². The number of nitrogens with one attached hydrogen (secondary N) is 1. The highest BCUT2D eigenvalue weighted by atomic mass is 16.5. The van der Waals surface area contributed by atoms with Gasteiger partial charge in [-0.15, -0.1) is 16.6 Å². The number of aromatic amines is 1. The molecule has 0 aliphatic carbocycles. The van der Waals surface area contributed by atoms with Crippen molar-refractivity contribution in [1.82, 2.24) is 44.7 Å². The van der Waals surface area contributed by atoms with Crippen LogP contribution in [0, 0.1) is 33.1 Å². The number of nitrogens with zero attached hydrogens (tertiary/aromatic N) is 8. The van der Waals surface area contributed by atoms with Crippen LogP contribution < -0.4 is 14.2 Å². The van der Waals surface area contributed by atoms with Gasteiger partial charge in [0, 0.05) is 34.7 Å². The number of hydrogen-bond donors (Lipinski definition) is 1. The number of aromatic nitrogens is 9. The van der Waals surface area contributed by atoms with E-state index in [1.165, 1.54) is 6.33 Å². The molecule has 0 aliphatic rings. The molecule has 3 aromatic heterocycles. The largest absolute Gasteiger partial charge is 0.491 e. The van der Waals surface area contributed by atoms with E-state index >= 15 is 0 Å². The van der Waals surface area contributed by atoms with Gasteiger partial charge in [-0.25, -0.2) is 24.3 Å². The van der Waals surface area contributed by atoms with Crippen molar-refractivity contribution in [2.75, 3.05) is 0 Å². The van der Waals surface area contributed by atoms with E-state index in [0.717, 1.165) is 73.1 Å². The molecule has 0 atom stereocenters. The molecule has 0 spiro atoms. The first-order valence-corrected chi connectivity index (χ1v) is 23.8. The zero-order valence-corrected chi connectivity index (χ0v) is 42.5. The quantitative estimate of drug-likeness (QED) is 0.112. The minimum atomic E-state index is 0.138. The van der Waals surface area contributed by atoms with Gasteiger partial charge in [0.25, 0.3) is 0 Å². The number of aryl methyl sites for hydroxylation is 3. The molecular weight excluding hydrogens is 895 g/mol. The van der Waals surface area contributed by atoms with Crippen molar-refractivity contribution in [3.8, 4) is 63.8 Å². The maximum Gasteiger partial charge on any atom is 0.181 e. The third kappa shape index (κ3) is 17.6. The maximum absolute atomic E-state index is 5.79. The zero-order valence-electron chi connectivity index (χ0n) is 42.5. The Labute approximate surface area is 424 Å². The Morgan fingerprint density at radius 3 is 1.25 bits per heavy atom. The molecule has 9 aromatic rings. The van der Waals surface area contributed by atoms with E-state index in [1.807, 2.05) is 220 Å². The molecular formula is C60H63N9O3. The van der Waals surface area contributed by atoms with Crippen LogP contribution in [0.25, 0.3) is 58.7 Å². The molecule has 0 fully saturated rings. The molecule has 0 radical (unpaired) electrons. The lowest BCUT2D eigenvalue weighted by Gasteiger charge is -2.11. The van der Waals surface area contributed by atoms with Crippen molar-refractivity contribution in [1.29, 1.82) is 0 Å². The third-order valence-corrected chi connectivity index (χ3v) is 9.87. The standard InChI is InChI=1S/2C20H21N3O.C12H15N3O.C8H6/c2*1-15(2)24-19-12-16(3)11-18(13-19)20-21-14-23(22-20)10-9-17-7-5-4-6-8-17;1-8(2)16-11-5-9(3)4-10(6-11)12-13-7-14-15-12;1-2-8-6-4-3-5-7-8/h2*4-15H,1-3H3;4-8H,1-3H3,(H,13,14,15);1,3-7H/b10-9+;10-9-;;. The van der Waals surface area contributed by atoms with Gasteiger partial charge in [-0.2, -0.15) is 5.10 Å². The fourth-order valence-electron chi connectivity index (χ4n) is 6.95. The second-order valence-electron chi connectivity index (χ2n) is 17.5. The topological polar surface area (TPSA) is 131 Å².